The highest BCUT2D eigenvalue weighted by Gasteiger charge is 2.52. The molecule has 0 spiro atoms. The third-order valence-corrected chi connectivity index (χ3v) is 12.2. The topological polar surface area (TPSA) is 180 Å². The van der Waals surface area contributed by atoms with Gasteiger partial charge in [-0.3, -0.25) is 4.79 Å². The van der Waals surface area contributed by atoms with Crippen molar-refractivity contribution in [3.8, 4) is 0 Å². The summed E-state index contributed by atoms with van der Waals surface area (Å²) in [6, 6.07) is -0.808. The Morgan fingerprint density at radius 3 is 2.12 bits per heavy atom. The lowest BCUT2D eigenvalue weighted by Crippen LogP contribution is -2.60. The van der Waals surface area contributed by atoms with Crippen molar-refractivity contribution in [2.45, 2.75) is 185 Å². The number of aliphatic hydroxyl groups is 5. The van der Waals surface area contributed by atoms with E-state index in [1.165, 1.54) is 14.0 Å². The summed E-state index contributed by atoms with van der Waals surface area (Å²) in [5.41, 5.74) is -4.37. The zero-order valence-electron chi connectivity index (χ0n) is 34.2. The van der Waals surface area contributed by atoms with Crippen LogP contribution >= 0.6 is 0 Å². The standard InChI is InChI=1S/C38H72N2O12/c1-15-27-38(10,46)31(42)24(6)40(13)19-20(2)17-36(8,45)33(52-35-29(41)26(39(11)12)16-21(3)48-35)22(4)30(23(5)34(44)50-27)51-28-18-37(9,47-14)32(43)25(7)49-28/h20-33,35,41-43,45-46H,15-19H2,1-14H3/t20-,21-,22+,23-,24-,25+,26+,27-,28?,29-,30+,31-,32+,33-,35+,36?,37-,38-/m1/s1. The number of esters is 1. The SMILES string of the molecule is CC[C@H]1OC(=O)[C@H](C)[C@@H](OC2C[C@@](C)(OC)[C@@H](O)[C@H](C)O2)[C@H](C)[C@@H](O[C@@H]2O[C@H](C)C[C@H](N(C)C)[C@H]2O)C(C)(O)C[C@@H](C)CN(C)[C@H](C)[C@@H](O)[C@]1(C)O. The molecule has 14 nitrogen and oxygen atoms in total. The Balaban J connectivity index is 2.17. The maximum absolute atomic E-state index is 14.2. The molecular weight excluding hydrogens is 676 g/mol. The van der Waals surface area contributed by atoms with Crippen LogP contribution in [0, 0.1) is 17.8 Å². The molecule has 5 N–H and O–H groups in total. The molecule has 0 bridgehead atoms. The number of ether oxygens (including phenoxy) is 6. The smallest absolute Gasteiger partial charge is 0.311 e. The summed E-state index contributed by atoms with van der Waals surface area (Å²) in [6.07, 6.45) is -8.19. The molecule has 0 aliphatic carbocycles. The highest BCUT2D eigenvalue weighted by Crippen LogP contribution is 2.40. The zero-order valence-corrected chi connectivity index (χ0v) is 34.2. The van der Waals surface area contributed by atoms with E-state index in [-0.39, 0.29) is 37.3 Å². The first-order chi connectivity index (χ1) is 23.9. The number of carbonyl (C=O) groups is 1. The van der Waals surface area contributed by atoms with Crippen LogP contribution in [0.5, 0.6) is 0 Å². The number of methoxy groups -OCH3 is 1. The van der Waals surface area contributed by atoms with Gasteiger partial charge in [-0.2, -0.15) is 0 Å². The van der Waals surface area contributed by atoms with Gasteiger partial charge in [0.05, 0.1) is 41.5 Å². The van der Waals surface area contributed by atoms with Gasteiger partial charge in [0.15, 0.2) is 12.6 Å². The van der Waals surface area contributed by atoms with Crippen LogP contribution in [-0.2, 0) is 33.2 Å². The maximum Gasteiger partial charge on any atom is 0.311 e. The van der Waals surface area contributed by atoms with Crippen molar-refractivity contribution >= 4 is 5.97 Å². The van der Waals surface area contributed by atoms with Crippen LogP contribution in [-0.4, -0.2) is 166 Å². The molecule has 306 valence electrons. The number of nitrogens with zero attached hydrogens (tertiary/aromatic N) is 2. The second kappa shape index (κ2) is 17.8. The predicted molar refractivity (Wildman–Crippen MR) is 194 cm³/mol. The van der Waals surface area contributed by atoms with Crippen molar-refractivity contribution < 1.29 is 58.7 Å². The molecule has 52 heavy (non-hydrogen) atoms. The van der Waals surface area contributed by atoms with Gasteiger partial charge in [0, 0.05) is 38.1 Å². The molecule has 3 aliphatic rings. The Hall–Kier alpha value is -1.01. The van der Waals surface area contributed by atoms with Gasteiger partial charge in [-0.1, -0.05) is 20.8 Å². The van der Waals surface area contributed by atoms with Crippen LogP contribution in [0.25, 0.3) is 0 Å². The highest BCUT2D eigenvalue weighted by atomic mass is 16.7. The number of rotatable bonds is 7. The van der Waals surface area contributed by atoms with Crippen LogP contribution in [0.4, 0.5) is 0 Å². The Morgan fingerprint density at radius 1 is 0.942 bits per heavy atom. The summed E-state index contributed by atoms with van der Waals surface area (Å²) in [4.78, 5) is 18.0. The normalized spacial score (nSPS) is 49.6. The Morgan fingerprint density at radius 2 is 1.56 bits per heavy atom. The second-order valence-corrected chi connectivity index (χ2v) is 17.2. The number of aliphatic hydroxyl groups excluding tert-OH is 3. The number of carbonyl (C=O) groups excluding carboxylic acids is 1. The molecule has 0 aromatic carbocycles. The van der Waals surface area contributed by atoms with E-state index in [0.29, 0.717) is 13.0 Å². The van der Waals surface area contributed by atoms with E-state index in [1.54, 1.807) is 41.5 Å². The van der Waals surface area contributed by atoms with Crippen LogP contribution in [0.2, 0.25) is 0 Å². The monoisotopic (exact) mass is 749 g/mol. The van der Waals surface area contributed by atoms with E-state index in [4.69, 9.17) is 28.4 Å². The average Bonchev–Trinajstić information content (AvgIpc) is 3.05. The number of hydrogen-bond acceptors (Lipinski definition) is 14. The van der Waals surface area contributed by atoms with Gasteiger partial charge in [0.1, 0.15) is 30.0 Å². The molecular formula is C38H72N2O12. The van der Waals surface area contributed by atoms with E-state index in [9.17, 15) is 30.3 Å². The van der Waals surface area contributed by atoms with Gasteiger partial charge >= 0.3 is 5.97 Å². The van der Waals surface area contributed by atoms with Gasteiger partial charge < -0.3 is 63.8 Å². The van der Waals surface area contributed by atoms with E-state index in [1.807, 2.05) is 51.7 Å². The van der Waals surface area contributed by atoms with Crippen LogP contribution in [0.15, 0.2) is 0 Å². The molecule has 14 heteroatoms. The summed E-state index contributed by atoms with van der Waals surface area (Å²) < 4.78 is 37.5. The van der Waals surface area contributed by atoms with Crippen molar-refractivity contribution in [3.05, 3.63) is 0 Å². The average molecular weight is 749 g/mol. The van der Waals surface area contributed by atoms with Gasteiger partial charge in [-0.15, -0.1) is 0 Å². The summed E-state index contributed by atoms with van der Waals surface area (Å²) in [5.74, 6) is -2.58. The largest absolute Gasteiger partial charge is 0.459 e. The predicted octanol–water partition coefficient (Wildman–Crippen LogP) is 1.90. The zero-order chi connectivity index (χ0) is 39.7. The lowest BCUT2D eigenvalue weighted by atomic mass is 9.77. The number of cyclic esters (lactones) is 1. The van der Waals surface area contributed by atoms with Gasteiger partial charge in [0.25, 0.3) is 0 Å². The molecule has 3 rings (SSSR count). The molecule has 3 fully saturated rings. The van der Waals surface area contributed by atoms with E-state index in [0.717, 1.165) is 0 Å². The van der Waals surface area contributed by atoms with Crippen LogP contribution in [0.3, 0.4) is 0 Å². The van der Waals surface area contributed by atoms with Crippen molar-refractivity contribution in [3.63, 3.8) is 0 Å². The molecule has 2 unspecified atom stereocenters. The van der Waals surface area contributed by atoms with Gasteiger partial charge in [0.2, 0.25) is 0 Å². The molecule has 0 aromatic heterocycles. The molecule has 3 heterocycles. The molecule has 0 radical (unpaired) electrons. The number of likely N-dealkylation sites (N-methyl/N-ethyl adjacent to an activating group) is 2. The summed E-state index contributed by atoms with van der Waals surface area (Å²) in [5, 5.41) is 58.1. The molecule has 0 aromatic rings. The Kier molecular flexibility index (Phi) is 15.6. The minimum Gasteiger partial charge on any atom is -0.459 e. The molecule has 3 saturated heterocycles. The van der Waals surface area contributed by atoms with Crippen LogP contribution < -0.4 is 0 Å². The third kappa shape index (κ3) is 10.0. The van der Waals surface area contributed by atoms with Crippen molar-refractivity contribution in [2.24, 2.45) is 17.8 Å². The fourth-order valence-corrected chi connectivity index (χ4v) is 8.74. The van der Waals surface area contributed by atoms with Crippen molar-refractivity contribution in [1.29, 1.82) is 0 Å². The summed E-state index contributed by atoms with van der Waals surface area (Å²) >= 11 is 0. The second-order valence-electron chi connectivity index (χ2n) is 17.2. The van der Waals surface area contributed by atoms with E-state index in [2.05, 4.69) is 0 Å². The van der Waals surface area contributed by atoms with Crippen molar-refractivity contribution in [2.75, 3.05) is 34.8 Å². The first kappa shape index (κ1) is 45.4. The summed E-state index contributed by atoms with van der Waals surface area (Å²) in [6.45, 7) is 18.0. The third-order valence-electron chi connectivity index (χ3n) is 12.2. The Labute approximate surface area is 312 Å². The number of hydrogen-bond donors (Lipinski definition) is 5. The van der Waals surface area contributed by atoms with Gasteiger partial charge in [-0.05, 0) is 94.8 Å². The lowest BCUT2D eigenvalue weighted by molar-refractivity contribution is -0.318. The molecule has 0 saturated carbocycles. The minimum absolute atomic E-state index is 0.133. The first-order valence-corrected chi connectivity index (χ1v) is 19.1. The molecule has 18 atom stereocenters. The fourth-order valence-electron chi connectivity index (χ4n) is 8.74. The lowest BCUT2D eigenvalue weighted by Gasteiger charge is -2.48. The highest BCUT2D eigenvalue weighted by molar-refractivity contribution is 5.73. The van der Waals surface area contributed by atoms with Crippen molar-refractivity contribution in [1.82, 2.24) is 9.80 Å². The van der Waals surface area contributed by atoms with Crippen LogP contribution in [0.1, 0.15) is 94.9 Å². The fraction of sp³-hybridized carbons (Fsp3) is 0.974. The first-order valence-electron chi connectivity index (χ1n) is 19.1. The van der Waals surface area contributed by atoms with E-state index >= 15 is 0 Å². The maximum atomic E-state index is 14.2. The molecule has 0 amide bonds. The minimum atomic E-state index is -1.80. The van der Waals surface area contributed by atoms with Gasteiger partial charge in [-0.25, -0.2) is 0 Å². The quantitative estimate of drug-likeness (QED) is 0.238. The Bertz CT molecular complexity index is 1140. The summed E-state index contributed by atoms with van der Waals surface area (Å²) in [7, 11) is 7.12. The molecule has 3 aliphatic heterocycles. The van der Waals surface area contributed by atoms with E-state index < -0.39 is 96.0 Å².